The summed E-state index contributed by atoms with van der Waals surface area (Å²) >= 11 is 6.13. The number of benzene rings is 2. The van der Waals surface area contributed by atoms with E-state index in [4.69, 9.17) is 21.1 Å². The number of halogens is 1. The Kier molecular flexibility index (Phi) is 6.58. The van der Waals surface area contributed by atoms with Gasteiger partial charge in [-0.25, -0.2) is 0 Å². The molecule has 0 radical (unpaired) electrons. The largest absolute Gasteiger partial charge is 0.493 e. The van der Waals surface area contributed by atoms with Gasteiger partial charge in [0, 0.05) is 18.1 Å². The molecule has 27 heavy (non-hydrogen) atoms. The van der Waals surface area contributed by atoms with Gasteiger partial charge in [0.15, 0.2) is 0 Å². The summed E-state index contributed by atoms with van der Waals surface area (Å²) in [6.45, 7) is 7.32. The molecule has 0 saturated carbocycles. The predicted molar refractivity (Wildman–Crippen MR) is 109 cm³/mol. The fourth-order valence-corrected chi connectivity index (χ4v) is 3.35. The first-order valence-electron chi connectivity index (χ1n) is 9.14. The van der Waals surface area contributed by atoms with Gasteiger partial charge in [-0.1, -0.05) is 17.7 Å². The molecular weight excluding hydrogens is 364 g/mol. The number of anilines is 2. The number of aryl methyl sites for hydroxylation is 2. The lowest BCUT2D eigenvalue weighted by Crippen LogP contribution is -2.36. The highest BCUT2D eigenvalue weighted by Gasteiger charge is 2.16. The number of hydrogen-bond donors (Lipinski definition) is 1. The van der Waals surface area contributed by atoms with Gasteiger partial charge in [0.25, 0.3) is 0 Å². The normalized spacial score (nSPS) is 14.1. The van der Waals surface area contributed by atoms with Crippen molar-refractivity contribution >= 4 is 28.9 Å². The van der Waals surface area contributed by atoms with Gasteiger partial charge in [-0.2, -0.15) is 0 Å². The maximum atomic E-state index is 12.4. The number of nitrogens with zero attached hydrogens (tertiary/aromatic N) is 1. The van der Waals surface area contributed by atoms with Crippen LogP contribution in [0, 0.1) is 13.8 Å². The number of amides is 1. The van der Waals surface area contributed by atoms with Gasteiger partial charge in [0.05, 0.1) is 37.6 Å². The number of morpholine rings is 1. The van der Waals surface area contributed by atoms with E-state index in [0.717, 1.165) is 41.3 Å². The minimum atomic E-state index is -0.101. The standard InChI is InChI=1S/C21H25ClN2O3/c1-15-11-16(2)13-18(12-15)27-8-5-21(25)23-19-14-17(22)3-4-20(19)24-6-9-26-10-7-24/h3-4,11-14H,5-10H2,1-2H3,(H,23,25). The number of carbonyl (C=O) groups excluding carboxylic acids is 1. The van der Waals surface area contributed by atoms with Crippen LogP contribution in [0.3, 0.4) is 0 Å². The molecule has 1 saturated heterocycles. The van der Waals surface area contributed by atoms with Gasteiger partial charge in [-0.15, -0.1) is 0 Å². The van der Waals surface area contributed by atoms with Crippen LogP contribution in [0.1, 0.15) is 17.5 Å². The molecule has 2 aromatic rings. The number of rotatable bonds is 6. The molecule has 0 aromatic heterocycles. The van der Waals surface area contributed by atoms with Crippen LogP contribution < -0.4 is 15.0 Å². The molecule has 6 heteroatoms. The number of nitrogens with one attached hydrogen (secondary N) is 1. The average molecular weight is 389 g/mol. The molecule has 0 bridgehead atoms. The summed E-state index contributed by atoms with van der Waals surface area (Å²) in [7, 11) is 0. The van der Waals surface area contributed by atoms with Crippen molar-refractivity contribution in [1.82, 2.24) is 0 Å². The second-order valence-electron chi connectivity index (χ2n) is 6.73. The Morgan fingerprint density at radius 3 is 2.56 bits per heavy atom. The lowest BCUT2D eigenvalue weighted by Gasteiger charge is -2.30. The van der Waals surface area contributed by atoms with E-state index in [1.165, 1.54) is 0 Å². The molecule has 0 unspecified atom stereocenters. The first-order chi connectivity index (χ1) is 13.0. The van der Waals surface area contributed by atoms with Crippen molar-refractivity contribution < 1.29 is 14.3 Å². The number of ether oxygens (including phenoxy) is 2. The minimum absolute atomic E-state index is 0.101. The Hall–Kier alpha value is -2.24. The summed E-state index contributed by atoms with van der Waals surface area (Å²) in [5.74, 6) is 0.688. The molecule has 0 spiro atoms. The number of carbonyl (C=O) groups is 1. The molecule has 1 fully saturated rings. The Morgan fingerprint density at radius 2 is 1.85 bits per heavy atom. The van der Waals surface area contributed by atoms with E-state index >= 15 is 0 Å². The Morgan fingerprint density at radius 1 is 1.15 bits per heavy atom. The van der Waals surface area contributed by atoms with E-state index in [1.807, 2.05) is 38.1 Å². The lowest BCUT2D eigenvalue weighted by atomic mass is 10.1. The van der Waals surface area contributed by atoms with Gasteiger partial charge < -0.3 is 19.7 Å². The van der Waals surface area contributed by atoms with E-state index < -0.39 is 0 Å². The summed E-state index contributed by atoms with van der Waals surface area (Å²) in [4.78, 5) is 14.6. The van der Waals surface area contributed by atoms with Gasteiger partial charge in [-0.3, -0.25) is 4.79 Å². The second kappa shape index (κ2) is 9.11. The maximum Gasteiger partial charge on any atom is 0.227 e. The summed E-state index contributed by atoms with van der Waals surface area (Å²) in [6, 6.07) is 11.6. The summed E-state index contributed by atoms with van der Waals surface area (Å²) in [5, 5.41) is 3.56. The average Bonchev–Trinajstić information content (AvgIpc) is 2.62. The van der Waals surface area contributed by atoms with Gasteiger partial charge in [0.2, 0.25) is 5.91 Å². The summed E-state index contributed by atoms with van der Waals surface area (Å²) in [5.41, 5.74) is 3.97. The van der Waals surface area contributed by atoms with Crippen LogP contribution in [0.25, 0.3) is 0 Å². The zero-order chi connectivity index (χ0) is 19.2. The van der Waals surface area contributed by atoms with Crippen molar-refractivity contribution in [2.24, 2.45) is 0 Å². The fraction of sp³-hybridized carbons (Fsp3) is 0.381. The molecule has 0 aliphatic carbocycles. The SMILES string of the molecule is Cc1cc(C)cc(OCCC(=O)Nc2cc(Cl)ccc2N2CCOCC2)c1. The van der Waals surface area contributed by atoms with Crippen LogP contribution in [-0.4, -0.2) is 38.8 Å². The first kappa shape index (κ1) is 19.5. The first-order valence-corrected chi connectivity index (χ1v) is 9.52. The van der Waals surface area contributed by atoms with Crippen molar-refractivity contribution in [2.45, 2.75) is 20.3 Å². The Bertz CT molecular complexity index is 784. The highest BCUT2D eigenvalue weighted by Crippen LogP contribution is 2.30. The third-order valence-electron chi connectivity index (χ3n) is 4.38. The zero-order valence-electron chi connectivity index (χ0n) is 15.8. The zero-order valence-corrected chi connectivity index (χ0v) is 16.5. The fourth-order valence-electron chi connectivity index (χ4n) is 3.18. The van der Waals surface area contributed by atoms with Crippen LogP contribution in [0.5, 0.6) is 5.75 Å². The smallest absolute Gasteiger partial charge is 0.227 e. The molecule has 1 N–H and O–H groups in total. The van der Waals surface area contributed by atoms with Crippen molar-refractivity contribution in [1.29, 1.82) is 0 Å². The maximum absolute atomic E-state index is 12.4. The van der Waals surface area contributed by atoms with Gasteiger partial charge in [-0.05, 0) is 55.3 Å². The molecule has 1 amide bonds. The highest BCUT2D eigenvalue weighted by molar-refractivity contribution is 6.31. The molecule has 0 atom stereocenters. The van der Waals surface area contributed by atoms with Crippen molar-refractivity contribution in [3.8, 4) is 5.75 Å². The summed E-state index contributed by atoms with van der Waals surface area (Å²) < 4.78 is 11.1. The molecule has 1 heterocycles. The predicted octanol–water partition coefficient (Wildman–Crippen LogP) is 4.20. The minimum Gasteiger partial charge on any atom is -0.493 e. The van der Waals surface area contributed by atoms with Crippen LogP contribution >= 0.6 is 11.6 Å². The quantitative estimate of drug-likeness (QED) is 0.805. The monoisotopic (exact) mass is 388 g/mol. The third-order valence-corrected chi connectivity index (χ3v) is 4.61. The molecule has 5 nitrogen and oxygen atoms in total. The summed E-state index contributed by atoms with van der Waals surface area (Å²) in [6.07, 6.45) is 0.266. The second-order valence-corrected chi connectivity index (χ2v) is 7.17. The van der Waals surface area contributed by atoms with E-state index in [9.17, 15) is 4.79 Å². The van der Waals surface area contributed by atoms with E-state index in [1.54, 1.807) is 6.07 Å². The molecule has 1 aliphatic rings. The van der Waals surface area contributed by atoms with E-state index in [-0.39, 0.29) is 12.3 Å². The van der Waals surface area contributed by atoms with Crippen LogP contribution in [0.4, 0.5) is 11.4 Å². The Labute approximate surface area is 165 Å². The lowest BCUT2D eigenvalue weighted by molar-refractivity contribution is -0.116. The van der Waals surface area contributed by atoms with Gasteiger partial charge in [0.1, 0.15) is 5.75 Å². The van der Waals surface area contributed by atoms with E-state index in [2.05, 4.69) is 16.3 Å². The van der Waals surface area contributed by atoms with Gasteiger partial charge >= 0.3 is 0 Å². The molecule has 3 rings (SSSR count). The Balaban J connectivity index is 1.59. The third kappa shape index (κ3) is 5.62. The van der Waals surface area contributed by atoms with Crippen LogP contribution in [0.2, 0.25) is 5.02 Å². The highest BCUT2D eigenvalue weighted by atomic mass is 35.5. The molecular formula is C21H25ClN2O3. The molecule has 144 valence electrons. The molecule has 2 aromatic carbocycles. The van der Waals surface area contributed by atoms with Crippen molar-refractivity contribution in [2.75, 3.05) is 43.1 Å². The van der Waals surface area contributed by atoms with Crippen molar-refractivity contribution in [3.63, 3.8) is 0 Å². The van der Waals surface area contributed by atoms with Crippen LogP contribution in [-0.2, 0) is 9.53 Å². The number of hydrogen-bond acceptors (Lipinski definition) is 4. The van der Waals surface area contributed by atoms with Crippen LogP contribution in [0.15, 0.2) is 36.4 Å². The topological polar surface area (TPSA) is 50.8 Å². The van der Waals surface area contributed by atoms with E-state index in [0.29, 0.717) is 24.8 Å². The molecule has 1 aliphatic heterocycles. The van der Waals surface area contributed by atoms with Crippen molar-refractivity contribution in [3.05, 3.63) is 52.5 Å².